The van der Waals surface area contributed by atoms with Gasteiger partial charge in [-0.25, -0.2) is 9.97 Å². The van der Waals surface area contributed by atoms with E-state index in [1.165, 1.54) is 0 Å². The minimum atomic E-state index is 0.536. The lowest BCUT2D eigenvalue weighted by Gasteiger charge is -2.14. The van der Waals surface area contributed by atoms with Crippen molar-refractivity contribution in [2.75, 3.05) is 21.3 Å². The average Bonchev–Trinajstić information content (AvgIpc) is 2.81. The molecule has 0 fully saturated rings. The molecule has 5 nitrogen and oxygen atoms in total. The van der Waals surface area contributed by atoms with E-state index in [-0.39, 0.29) is 0 Å². The van der Waals surface area contributed by atoms with Crippen LogP contribution in [0.5, 0.6) is 17.2 Å². The van der Waals surface area contributed by atoms with Gasteiger partial charge in [-0.1, -0.05) is 54.6 Å². The van der Waals surface area contributed by atoms with E-state index in [4.69, 9.17) is 24.2 Å². The summed E-state index contributed by atoms with van der Waals surface area (Å²) in [6, 6.07) is 21.8. The highest BCUT2D eigenvalue weighted by molar-refractivity contribution is 5.90. The standard InChI is InChI=1S/C25H22N2O3/c1-28-22-15-18(16-23(29-2)24(22)30-3)25-26-20-12-8-7-11-19(20)21(27-25)14-13-17-9-5-4-6-10-17/h4-16H,1-3H3/b14-13+. The van der Waals surface area contributed by atoms with Crippen molar-refractivity contribution in [3.05, 3.63) is 78.0 Å². The number of nitrogens with zero attached hydrogens (tertiary/aromatic N) is 2. The summed E-state index contributed by atoms with van der Waals surface area (Å²) in [5.74, 6) is 2.24. The summed E-state index contributed by atoms with van der Waals surface area (Å²) in [7, 11) is 4.77. The zero-order chi connectivity index (χ0) is 20.9. The highest BCUT2D eigenvalue weighted by atomic mass is 16.5. The van der Waals surface area contributed by atoms with Crippen LogP contribution in [-0.4, -0.2) is 31.3 Å². The van der Waals surface area contributed by atoms with E-state index >= 15 is 0 Å². The fourth-order valence-electron chi connectivity index (χ4n) is 3.31. The van der Waals surface area contributed by atoms with E-state index in [0.29, 0.717) is 23.1 Å². The number of ether oxygens (including phenoxy) is 3. The molecule has 0 radical (unpaired) electrons. The molecule has 0 aliphatic carbocycles. The summed E-state index contributed by atoms with van der Waals surface area (Å²) >= 11 is 0. The molecular formula is C25H22N2O3. The quantitative estimate of drug-likeness (QED) is 0.430. The van der Waals surface area contributed by atoms with Gasteiger partial charge >= 0.3 is 0 Å². The van der Waals surface area contributed by atoms with Crippen LogP contribution in [0.4, 0.5) is 0 Å². The molecule has 0 saturated heterocycles. The molecule has 1 aromatic heterocycles. The van der Waals surface area contributed by atoms with Crippen molar-refractivity contribution in [3.63, 3.8) is 0 Å². The first-order valence-corrected chi connectivity index (χ1v) is 9.53. The first kappa shape index (κ1) is 19.5. The minimum Gasteiger partial charge on any atom is -0.493 e. The van der Waals surface area contributed by atoms with Crippen molar-refractivity contribution in [2.24, 2.45) is 0 Å². The molecule has 5 heteroatoms. The van der Waals surface area contributed by atoms with Crippen LogP contribution in [0.25, 0.3) is 34.4 Å². The molecular weight excluding hydrogens is 376 g/mol. The van der Waals surface area contributed by atoms with Gasteiger partial charge in [0.1, 0.15) is 0 Å². The Morgan fingerprint density at radius 3 is 2.03 bits per heavy atom. The third-order valence-electron chi connectivity index (χ3n) is 4.79. The summed E-state index contributed by atoms with van der Waals surface area (Å²) in [5.41, 5.74) is 3.59. The number of rotatable bonds is 6. The monoisotopic (exact) mass is 398 g/mol. The molecule has 3 aromatic carbocycles. The van der Waals surface area contributed by atoms with Crippen molar-refractivity contribution in [1.29, 1.82) is 0 Å². The summed E-state index contributed by atoms with van der Waals surface area (Å²) in [4.78, 5) is 9.61. The van der Waals surface area contributed by atoms with E-state index in [1.807, 2.05) is 66.7 Å². The van der Waals surface area contributed by atoms with E-state index < -0.39 is 0 Å². The van der Waals surface area contributed by atoms with Crippen LogP contribution in [0.2, 0.25) is 0 Å². The molecule has 1 heterocycles. The number of methoxy groups -OCH3 is 3. The number of benzene rings is 3. The van der Waals surface area contributed by atoms with Gasteiger partial charge < -0.3 is 14.2 Å². The van der Waals surface area contributed by atoms with Crippen molar-refractivity contribution in [1.82, 2.24) is 9.97 Å². The summed E-state index contributed by atoms with van der Waals surface area (Å²) in [6.45, 7) is 0. The van der Waals surface area contributed by atoms with Crippen LogP contribution < -0.4 is 14.2 Å². The van der Waals surface area contributed by atoms with Gasteiger partial charge in [0.2, 0.25) is 5.75 Å². The highest BCUT2D eigenvalue weighted by Crippen LogP contribution is 2.40. The molecule has 150 valence electrons. The first-order valence-electron chi connectivity index (χ1n) is 9.53. The molecule has 0 amide bonds. The van der Waals surface area contributed by atoms with E-state index in [0.717, 1.165) is 27.7 Å². The fraction of sp³-hybridized carbons (Fsp3) is 0.120. The van der Waals surface area contributed by atoms with Gasteiger partial charge in [0, 0.05) is 10.9 Å². The zero-order valence-corrected chi connectivity index (χ0v) is 17.1. The van der Waals surface area contributed by atoms with Crippen LogP contribution in [0, 0.1) is 0 Å². The van der Waals surface area contributed by atoms with Crippen molar-refractivity contribution in [3.8, 4) is 28.6 Å². The maximum atomic E-state index is 5.49. The molecule has 0 atom stereocenters. The molecule has 4 aromatic rings. The second-order valence-electron chi connectivity index (χ2n) is 6.61. The minimum absolute atomic E-state index is 0.536. The van der Waals surface area contributed by atoms with Crippen molar-refractivity contribution in [2.45, 2.75) is 0 Å². The molecule has 0 N–H and O–H groups in total. The zero-order valence-electron chi connectivity index (χ0n) is 17.1. The van der Waals surface area contributed by atoms with E-state index in [2.05, 4.69) is 12.1 Å². The van der Waals surface area contributed by atoms with Gasteiger partial charge in [-0.2, -0.15) is 0 Å². The number of para-hydroxylation sites is 1. The van der Waals surface area contributed by atoms with Crippen LogP contribution >= 0.6 is 0 Å². The Labute approximate surface area is 175 Å². The lowest BCUT2D eigenvalue weighted by Crippen LogP contribution is -1.98. The maximum absolute atomic E-state index is 5.49. The smallest absolute Gasteiger partial charge is 0.203 e. The normalized spacial score (nSPS) is 11.0. The number of hydrogen-bond acceptors (Lipinski definition) is 5. The summed E-state index contributed by atoms with van der Waals surface area (Å²) in [6.07, 6.45) is 4.06. The molecule has 0 aliphatic heterocycles. The predicted octanol–water partition coefficient (Wildman–Crippen LogP) is 5.49. The Hall–Kier alpha value is -3.86. The van der Waals surface area contributed by atoms with E-state index in [9.17, 15) is 0 Å². The van der Waals surface area contributed by atoms with Crippen LogP contribution in [0.15, 0.2) is 66.7 Å². The molecule has 4 rings (SSSR count). The molecule has 0 unspecified atom stereocenters. The SMILES string of the molecule is COc1cc(-c2nc(/C=C/c3ccccc3)c3ccccc3n2)cc(OC)c1OC. The molecule has 0 spiro atoms. The first-order chi connectivity index (χ1) is 14.7. The fourth-order valence-corrected chi connectivity index (χ4v) is 3.31. The third kappa shape index (κ3) is 3.82. The lowest BCUT2D eigenvalue weighted by atomic mass is 10.1. The van der Waals surface area contributed by atoms with Crippen LogP contribution in [-0.2, 0) is 0 Å². The number of fused-ring (bicyclic) bond motifs is 1. The molecule has 0 saturated carbocycles. The maximum Gasteiger partial charge on any atom is 0.203 e. The molecule has 0 aliphatic rings. The Bertz CT molecular complexity index is 1180. The highest BCUT2D eigenvalue weighted by Gasteiger charge is 2.16. The summed E-state index contributed by atoms with van der Waals surface area (Å²) < 4.78 is 16.4. The third-order valence-corrected chi connectivity index (χ3v) is 4.79. The largest absolute Gasteiger partial charge is 0.493 e. The number of hydrogen-bond donors (Lipinski definition) is 0. The Balaban J connectivity index is 1.87. The Kier molecular flexibility index (Phi) is 5.61. The Morgan fingerprint density at radius 1 is 0.700 bits per heavy atom. The topological polar surface area (TPSA) is 53.5 Å². The van der Waals surface area contributed by atoms with Gasteiger partial charge in [0.15, 0.2) is 17.3 Å². The second-order valence-corrected chi connectivity index (χ2v) is 6.61. The van der Waals surface area contributed by atoms with Crippen LogP contribution in [0.1, 0.15) is 11.3 Å². The van der Waals surface area contributed by atoms with Gasteiger partial charge in [0.05, 0.1) is 32.5 Å². The van der Waals surface area contributed by atoms with Gasteiger partial charge in [-0.05, 0) is 29.8 Å². The van der Waals surface area contributed by atoms with Crippen LogP contribution in [0.3, 0.4) is 0 Å². The van der Waals surface area contributed by atoms with Gasteiger partial charge in [-0.15, -0.1) is 0 Å². The van der Waals surface area contributed by atoms with Crippen molar-refractivity contribution >= 4 is 23.1 Å². The second kappa shape index (κ2) is 8.66. The van der Waals surface area contributed by atoms with Gasteiger partial charge in [-0.3, -0.25) is 0 Å². The molecule has 0 bridgehead atoms. The number of aromatic nitrogens is 2. The van der Waals surface area contributed by atoms with E-state index in [1.54, 1.807) is 21.3 Å². The van der Waals surface area contributed by atoms with Crippen molar-refractivity contribution < 1.29 is 14.2 Å². The average molecular weight is 398 g/mol. The summed E-state index contributed by atoms with van der Waals surface area (Å²) in [5, 5.41) is 0.987. The molecule has 30 heavy (non-hydrogen) atoms. The van der Waals surface area contributed by atoms with Gasteiger partial charge in [0.25, 0.3) is 0 Å². The lowest BCUT2D eigenvalue weighted by molar-refractivity contribution is 0.324. The predicted molar refractivity (Wildman–Crippen MR) is 120 cm³/mol. The Morgan fingerprint density at radius 2 is 1.37 bits per heavy atom.